The molecule has 24 heavy (non-hydrogen) atoms. The lowest BCUT2D eigenvalue weighted by atomic mass is 9.97. The van der Waals surface area contributed by atoms with Gasteiger partial charge in [0.25, 0.3) is 5.91 Å². The number of hydrogen-bond donors (Lipinski definition) is 1. The molecule has 0 atom stereocenters. The smallest absolute Gasteiger partial charge is 0.306 e. The number of nitrogens with zero attached hydrogens (tertiary/aromatic N) is 2. The largest absolute Gasteiger partial charge is 0.481 e. The van der Waals surface area contributed by atoms with Gasteiger partial charge >= 0.3 is 5.97 Å². The van der Waals surface area contributed by atoms with E-state index in [0.717, 1.165) is 6.07 Å². The molecule has 0 aromatic heterocycles. The summed E-state index contributed by atoms with van der Waals surface area (Å²) in [5.41, 5.74) is 0.643. The molecule has 0 unspecified atom stereocenters. The Kier molecular flexibility index (Phi) is 5.54. The number of aliphatic carboxylic acids is 1. The lowest BCUT2D eigenvalue weighted by molar-refractivity contribution is -0.145. The Balaban J connectivity index is 1.92. The van der Waals surface area contributed by atoms with Crippen molar-refractivity contribution in [3.8, 4) is 0 Å². The molecule has 0 radical (unpaired) electrons. The number of piperidine rings is 1. The summed E-state index contributed by atoms with van der Waals surface area (Å²) in [6.07, 6.45) is 0.837. The van der Waals surface area contributed by atoms with Gasteiger partial charge in [0, 0.05) is 25.7 Å². The Bertz CT molecular complexity index is 654. The maximum atomic E-state index is 13.6. The molecular weight excluding hydrogens is 315 g/mol. The lowest BCUT2D eigenvalue weighted by Gasteiger charge is -2.31. The number of aryl methyl sites for hydroxylation is 1. The maximum Gasteiger partial charge on any atom is 0.306 e. The summed E-state index contributed by atoms with van der Waals surface area (Å²) in [6.45, 7) is 2.23. The molecular formula is C17H21FN2O4. The molecule has 7 heteroatoms. The zero-order chi connectivity index (χ0) is 17.9. The third-order valence-electron chi connectivity index (χ3n) is 4.33. The summed E-state index contributed by atoms with van der Waals surface area (Å²) in [4.78, 5) is 38.3. The zero-order valence-corrected chi connectivity index (χ0v) is 13.8. The van der Waals surface area contributed by atoms with Crippen molar-refractivity contribution in [3.63, 3.8) is 0 Å². The first-order chi connectivity index (χ1) is 11.3. The minimum atomic E-state index is -0.837. The number of carbonyl (C=O) groups excluding carboxylic acids is 2. The van der Waals surface area contributed by atoms with Gasteiger partial charge in [0.05, 0.1) is 12.5 Å². The van der Waals surface area contributed by atoms with E-state index in [9.17, 15) is 18.8 Å². The van der Waals surface area contributed by atoms with Crippen LogP contribution in [-0.2, 0) is 9.59 Å². The average Bonchev–Trinajstić information content (AvgIpc) is 2.56. The number of carboxylic acid groups (broad SMARTS) is 1. The minimum absolute atomic E-state index is 0.119. The molecule has 1 aliphatic heterocycles. The number of likely N-dealkylation sites (tertiary alicyclic amines) is 1. The van der Waals surface area contributed by atoms with Gasteiger partial charge in [-0.05, 0) is 37.5 Å². The number of carbonyl (C=O) groups is 3. The average molecular weight is 336 g/mol. The van der Waals surface area contributed by atoms with Crippen LogP contribution in [0.1, 0.15) is 28.8 Å². The van der Waals surface area contributed by atoms with E-state index in [1.165, 1.54) is 24.1 Å². The van der Waals surface area contributed by atoms with Gasteiger partial charge in [-0.15, -0.1) is 0 Å². The molecule has 1 aromatic rings. The molecule has 130 valence electrons. The molecule has 1 heterocycles. The van der Waals surface area contributed by atoms with Crippen molar-refractivity contribution in [1.29, 1.82) is 0 Å². The third kappa shape index (κ3) is 4.10. The molecule has 0 aliphatic carbocycles. The highest BCUT2D eigenvalue weighted by molar-refractivity contribution is 5.96. The predicted molar refractivity (Wildman–Crippen MR) is 85.0 cm³/mol. The Morgan fingerprint density at radius 1 is 1.29 bits per heavy atom. The van der Waals surface area contributed by atoms with Crippen molar-refractivity contribution >= 4 is 17.8 Å². The number of carboxylic acids is 1. The van der Waals surface area contributed by atoms with Crippen molar-refractivity contribution in [1.82, 2.24) is 9.80 Å². The predicted octanol–water partition coefficient (Wildman–Crippen LogP) is 1.53. The second-order valence-corrected chi connectivity index (χ2v) is 6.12. The van der Waals surface area contributed by atoms with Crippen molar-refractivity contribution in [2.75, 3.05) is 26.7 Å². The molecule has 1 aromatic carbocycles. The van der Waals surface area contributed by atoms with E-state index >= 15 is 0 Å². The fraction of sp³-hybridized carbons (Fsp3) is 0.471. The Hall–Kier alpha value is -2.44. The highest BCUT2D eigenvalue weighted by atomic mass is 19.1. The van der Waals surface area contributed by atoms with Crippen LogP contribution < -0.4 is 0 Å². The van der Waals surface area contributed by atoms with Crippen molar-refractivity contribution < 1.29 is 23.9 Å². The van der Waals surface area contributed by atoms with Crippen LogP contribution in [0.5, 0.6) is 0 Å². The van der Waals surface area contributed by atoms with Crippen molar-refractivity contribution in [2.45, 2.75) is 19.8 Å². The molecule has 6 nitrogen and oxygen atoms in total. The van der Waals surface area contributed by atoms with Gasteiger partial charge in [-0.3, -0.25) is 14.4 Å². The Labute approximate surface area is 139 Å². The van der Waals surface area contributed by atoms with E-state index in [1.807, 2.05) is 0 Å². The van der Waals surface area contributed by atoms with E-state index in [0.29, 0.717) is 31.5 Å². The highest BCUT2D eigenvalue weighted by Crippen LogP contribution is 2.18. The van der Waals surface area contributed by atoms with Gasteiger partial charge < -0.3 is 14.9 Å². The van der Waals surface area contributed by atoms with Gasteiger partial charge in [-0.25, -0.2) is 4.39 Å². The summed E-state index contributed by atoms with van der Waals surface area (Å²) >= 11 is 0. The SMILES string of the molecule is Cc1ccc(C(=O)N(C)CC(=O)N2CCC(C(=O)O)CC2)cc1F. The van der Waals surface area contributed by atoms with Gasteiger partial charge in [-0.2, -0.15) is 0 Å². The van der Waals surface area contributed by atoms with Crippen molar-refractivity contribution in [3.05, 3.63) is 35.1 Å². The Morgan fingerprint density at radius 2 is 1.92 bits per heavy atom. The second-order valence-electron chi connectivity index (χ2n) is 6.12. The van der Waals surface area contributed by atoms with Crippen LogP contribution in [0.4, 0.5) is 4.39 Å². The van der Waals surface area contributed by atoms with E-state index < -0.39 is 23.6 Å². The number of likely N-dealkylation sites (N-methyl/N-ethyl adjacent to an activating group) is 1. The first-order valence-corrected chi connectivity index (χ1v) is 7.81. The van der Waals surface area contributed by atoms with E-state index in [-0.39, 0.29) is 18.0 Å². The van der Waals surface area contributed by atoms with Crippen LogP contribution in [0.3, 0.4) is 0 Å². The molecule has 1 saturated heterocycles. The minimum Gasteiger partial charge on any atom is -0.481 e. The van der Waals surface area contributed by atoms with Crippen LogP contribution in [0.15, 0.2) is 18.2 Å². The summed E-state index contributed by atoms with van der Waals surface area (Å²) < 4.78 is 13.6. The maximum absolute atomic E-state index is 13.6. The van der Waals surface area contributed by atoms with E-state index in [4.69, 9.17) is 5.11 Å². The van der Waals surface area contributed by atoms with Crippen LogP contribution in [0.25, 0.3) is 0 Å². The molecule has 1 N–H and O–H groups in total. The summed E-state index contributed by atoms with van der Waals surface area (Å²) in [5.74, 6) is -2.37. The fourth-order valence-corrected chi connectivity index (χ4v) is 2.70. The van der Waals surface area contributed by atoms with Crippen LogP contribution in [0, 0.1) is 18.7 Å². The third-order valence-corrected chi connectivity index (χ3v) is 4.33. The second kappa shape index (κ2) is 7.42. The summed E-state index contributed by atoms with van der Waals surface area (Å²) in [6, 6.07) is 4.21. The van der Waals surface area contributed by atoms with Crippen molar-refractivity contribution in [2.24, 2.45) is 5.92 Å². The van der Waals surface area contributed by atoms with Crippen LogP contribution >= 0.6 is 0 Å². The molecule has 2 rings (SSSR count). The zero-order valence-electron chi connectivity index (χ0n) is 13.8. The molecule has 0 saturated carbocycles. The Morgan fingerprint density at radius 3 is 2.46 bits per heavy atom. The monoisotopic (exact) mass is 336 g/mol. The van der Waals surface area contributed by atoms with Crippen LogP contribution in [-0.4, -0.2) is 59.4 Å². The number of rotatable bonds is 4. The summed E-state index contributed by atoms with van der Waals surface area (Å²) in [5, 5.41) is 8.96. The van der Waals surface area contributed by atoms with Gasteiger partial charge in [0.15, 0.2) is 0 Å². The number of hydrogen-bond acceptors (Lipinski definition) is 3. The topological polar surface area (TPSA) is 77.9 Å². The fourth-order valence-electron chi connectivity index (χ4n) is 2.70. The quantitative estimate of drug-likeness (QED) is 0.904. The molecule has 1 aliphatic rings. The molecule has 0 spiro atoms. The van der Waals surface area contributed by atoms with Gasteiger partial charge in [0.2, 0.25) is 5.91 Å². The van der Waals surface area contributed by atoms with Crippen LogP contribution in [0.2, 0.25) is 0 Å². The number of benzene rings is 1. The van der Waals surface area contributed by atoms with E-state index in [2.05, 4.69) is 0 Å². The standard InChI is InChI=1S/C17H21FN2O4/c1-11-3-4-13(9-14(11)18)16(22)19(2)10-15(21)20-7-5-12(6-8-20)17(23)24/h3-4,9,12H,5-8,10H2,1-2H3,(H,23,24). The molecule has 2 amide bonds. The number of halogens is 1. The van der Waals surface area contributed by atoms with E-state index in [1.54, 1.807) is 11.8 Å². The number of amides is 2. The highest BCUT2D eigenvalue weighted by Gasteiger charge is 2.28. The first-order valence-electron chi connectivity index (χ1n) is 7.81. The molecule has 1 fully saturated rings. The van der Waals surface area contributed by atoms with Gasteiger partial charge in [0.1, 0.15) is 5.82 Å². The molecule has 0 bridgehead atoms. The first kappa shape index (κ1) is 17.9. The lowest BCUT2D eigenvalue weighted by Crippen LogP contribution is -2.45. The van der Waals surface area contributed by atoms with Gasteiger partial charge in [-0.1, -0.05) is 6.07 Å². The summed E-state index contributed by atoms with van der Waals surface area (Å²) in [7, 11) is 1.49. The normalized spacial score (nSPS) is 15.2.